The van der Waals surface area contributed by atoms with Gasteiger partial charge in [0, 0.05) is 24.2 Å². The van der Waals surface area contributed by atoms with Crippen molar-refractivity contribution in [2.24, 2.45) is 0 Å². The van der Waals surface area contributed by atoms with Crippen LogP contribution in [0, 0.1) is 0 Å². The molecule has 0 radical (unpaired) electrons. The lowest BCUT2D eigenvalue weighted by molar-refractivity contribution is -0.174. The van der Waals surface area contributed by atoms with E-state index in [1.807, 2.05) is 0 Å². The van der Waals surface area contributed by atoms with Crippen LogP contribution in [0.1, 0.15) is 34.8 Å². The van der Waals surface area contributed by atoms with E-state index in [0.717, 1.165) is 4.68 Å². The molecule has 3 aromatic rings. The molecule has 2 atom stereocenters. The molecule has 10 heteroatoms. The molecule has 1 aliphatic heterocycles. The maximum absolute atomic E-state index is 13.6. The lowest BCUT2D eigenvalue weighted by Crippen LogP contribution is -2.35. The highest BCUT2D eigenvalue weighted by Gasteiger charge is 2.47. The summed E-state index contributed by atoms with van der Waals surface area (Å²) in [6.07, 6.45) is -3.48. The van der Waals surface area contributed by atoms with E-state index >= 15 is 0 Å². The van der Waals surface area contributed by atoms with Crippen LogP contribution in [-0.4, -0.2) is 27.0 Å². The van der Waals surface area contributed by atoms with Gasteiger partial charge >= 0.3 is 6.18 Å². The Morgan fingerprint density at radius 1 is 1.29 bits per heavy atom. The van der Waals surface area contributed by atoms with Crippen LogP contribution in [-0.2, 0) is 0 Å². The summed E-state index contributed by atoms with van der Waals surface area (Å²) >= 11 is 0. The second-order valence-corrected chi connectivity index (χ2v) is 6.37. The highest BCUT2D eigenvalue weighted by molar-refractivity contribution is 6.03. The summed E-state index contributed by atoms with van der Waals surface area (Å²) in [5.41, 5.74) is 0.116. The van der Waals surface area contributed by atoms with E-state index in [1.54, 1.807) is 12.1 Å². The zero-order chi connectivity index (χ0) is 19.9. The van der Waals surface area contributed by atoms with E-state index in [9.17, 15) is 23.1 Å². The number of aromatic hydroxyl groups is 1. The van der Waals surface area contributed by atoms with Gasteiger partial charge in [0.2, 0.25) is 0 Å². The summed E-state index contributed by atoms with van der Waals surface area (Å²) in [7, 11) is 0. The first-order chi connectivity index (χ1) is 13.3. The van der Waals surface area contributed by atoms with Crippen molar-refractivity contribution in [3.8, 4) is 5.75 Å². The van der Waals surface area contributed by atoms with E-state index in [0.29, 0.717) is 11.4 Å². The summed E-state index contributed by atoms with van der Waals surface area (Å²) < 4.78 is 46.8. The Hall–Kier alpha value is -3.43. The normalized spacial score (nSPS) is 19.0. The summed E-state index contributed by atoms with van der Waals surface area (Å²) in [5, 5.41) is 18.8. The van der Waals surface area contributed by atoms with Crippen molar-refractivity contribution in [1.82, 2.24) is 9.78 Å². The van der Waals surface area contributed by atoms with E-state index in [4.69, 9.17) is 4.42 Å². The van der Waals surface area contributed by atoms with Crippen LogP contribution in [0.3, 0.4) is 0 Å². The minimum absolute atomic E-state index is 0.0537. The zero-order valence-electron chi connectivity index (χ0n) is 14.3. The van der Waals surface area contributed by atoms with E-state index in [2.05, 4.69) is 15.7 Å². The smallest absolute Gasteiger partial charge is 0.410 e. The number of carbonyl (C=O) groups excluding carboxylic acids is 1. The van der Waals surface area contributed by atoms with Gasteiger partial charge in [-0.05, 0) is 24.3 Å². The highest BCUT2D eigenvalue weighted by Crippen LogP contribution is 2.43. The van der Waals surface area contributed by atoms with Crippen LogP contribution in [0.25, 0.3) is 0 Å². The molecule has 1 aromatic carbocycles. The van der Waals surface area contributed by atoms with E-state index < -0.39 is 24.2 Å². The number of nitrogens with zero attached hydrogens (tertiary/aromatic N) is 2. The van der Waals surface area contributed by atoms with Gasteiger partial charge in [0.15, 0.2) is 11.7 Å². The number of benzene rings is 1. The number of hydrogen-bond donors (Lipinski definition) is 3. The molecule has 0 unspecified atom stereocenters. The molecule has 0 saturated heterocycles. The molecule has 146 valence electrons. The number of aromatic nitrogens is 2. The Balaban J connectivity index is 1.64. The number of rotatable bonds is 3. The number of phenols is 1. The molecule has 2 aromatic heterocycles. The summed E-state index contributed by atoms with van der Waals surface area (Å²) in [6.45, 7) is 0. The maximum atomic E-state index is 13.6. The number of phenolic OH excluding ortho intramolecular Hbond substituents is 1. The third-order valence-electron chi connectivity index (χ3n) is 4.41. The van der Waals surface area contributed by atoms with Crippen LogP contribution in [0.2, 0.25) is 0 Å². The number of amides is 1. The summed E-state index contributed by atoms with van der Waals surface area (Å²) in [4.78, 5) is 12.4. The maximum Gasteiger partial charge on any atom is 0.410 e. The molecule has 0 spiro atoms. The molecule has 0 fully saturated rings. The molecular weight excluding hydrogens is 377 g/mol. The van der Waals surface area contributed by atoms with Crippen molar-refractivity contribution in [3.05, 3.63) is 60.2 Å². The van der Waals surface area contributed by atoms with Gasteiger partial charge < -0.3 is 20.2 Å². The van der Waals surface area contributed by atoms with Gasteiger partial charge in [-0.25, -0.2) is 4.68 Å². The Morgan fingerprint density at radius 3 is 2.79 bits per heavy atom. The van der Waals surface area contributed by atoms with Crippen molar-refractivity contribution in [3.63, 3.8) is 0 Å². The van der Waals surface area contributed by atoms with Crippen molar-refractivity contribution in [2.75, 3.05) is 10.6 Å². The van der Waals surface area contributed by atoms with Crippen LogP contribution in [0.4, 0.5) is 24.7 Å². The van der Waals surface area contributed by atoms with E-state index in [-0.39, 0.29) is 23.7 Å². The van der Waals surface area contributed by atoms with Crippen LogP contribution < -0.4 is 10.6 Å². The molecular formula is C18H15F3N4O3. The third-order valence-corrected chi connectivity index (χ3v) is 4.41. The first kappa shape index (κ1) is 18.0. The lowest BCUT2D eigenvalue weighted by atomic mass is 10.0. The highest BCUT2D eigenvalue weighted by atomic mass is 19.4. The minimum atomic E-state index is -4.55. The van der Waals surface area contributed by atoms with Crippen molar-refractivity contribution < 1.29 is 27.5 Å². The largest absolute Gasteiger partial charge is 0.508 e. The molecule has 3 N–H and O–H groups in total. The van der Waals surface area contributed by atoms with Gasteiger partial charge in [0.1, 0.15) is 17.3 Å². The number of carbonyl (C=O) groups is 1. The number of halogens is 3. The van der Waals surface area contributed by atoms with Crippen LogP contribution >= 0.6 is 0 Å². The number of furan rings is 1. The van der Waals surface area contributed by atoms with Crippen LogP contribution in [0.5, 0.6) is 5.75 Å². The fourth-order valence-electron chi connectivity index (χ4n) is 3.14. The predicted octanol–water partition coefficient (Wildman–Crippen LogP) is 4.09. The number of nitrogens with one attached hydrogen (secondary N) is 2. The van der Waals surface area contributed by atoms with Gasteiger partial charge in [-0.2, -0.15) is 18.3 Å². The predicted molar refractivity (Wildman–Crippen MR) is 93.1 cm³/mol. The van der Waals surface area contributed by atoms with Crippen molar-refractivity contribution >= 4 is 17.4 Å². The monoisotopic (exact) mass is 392 g/mol. The first-order valence-electron chi connectivity index (χ1n) is 8.38. The van der Waals surface area contributed by atoms with Crippen molar-refractivity contribution in [1.29, 1.82) is 0 Å². The molecule has 1 aliphatic rings. The Labute approximate surface area is 156 Å². The van der Waals surface area contributed by atoms with Gasteiger partial charge in [0.25, 0.3) is 5.91 Å². The Bertz CT molecular complexity index is 998. The Morgan fingerprint density at radius 2 is 2.11 bits per heavy atom. The summed E-state index contributed by atoms with van der Waals surface area (Å²) in [5.74, 6) is -0.310. The Kier molecular flexibility index (Phi) is 4.25. The van der Waals surface area contributed by atoms with Gasteiger partial charge in [0.05, 0.1) is 12.3 Å². The molecule has 0 saturated carbocycles. The quantitative estimate of drug-likeness (QED) is 0.624. The topological polar surface area (TPSA) is 92.3 Å². The molecule has 0 bridgehead atoms. The first-order valence-corrected chi connectivity index (χ1v) is 8.38. The average Bonchev–Trinajstić information content (AvgIpc) is 3.29. The molecule has 3 heterocycles. The molecule has 4 rings (SSSR count). The van der Waals surface area contributed by atoms with Gasteiger partial charge in [-0.3, -0.25) is 4.79 Å². The fraction of sp³-hybridized carbons (Fsp3) is 0.222. The molecule has 0 aliphatic carbocycles. The second-order valence-electron chi connectivity index (χ2n) is 6.37. The average molecular weight is 392 g/mol. The number of hydrogen-bond acceptors (Lipinski definition) is 5. The number of anilines is 2. The second kappa shape index (κ2) is 6.63. The van der Waals surface area contributed by atoms with Gasteiger partial charge in [-0.1, -0.05) is 6.07 Å². The molecule has 1 amide bonds. The third kappa shape index (κ3) is 3.40. The standard InChI is InChI=1S/C18H15F3N4O3/c19-18(20,21)15-8-12(14-5-2-6-28-14)23-16-9-13(24-25(15)16)17(27)22-10-3-1-4-11(26)7-10/h1-7,9,12,15,23,26H,8H2,(H,22,27)/t12-,15-/m1/s1. The van der Waals surface area contributed by atoms with Crippen LogP contribution in [0.15, 0.2) is 53.1 Å². The van der Waals surface area contributed by atoms with E-state index in [1.165, 1.54) is 36.6 Å². The number of fused-ring (bicyclic) bond motifs is 1. The molecule has 7 nitrogen and oxygen atoms in total. The lowest BCUT2D eigenvalue weighted by Gasteiger charge is -2.32. The molecule has 28 heavy (non-hydrogen) atoms. The number of alkyl halides is 3. The summed E-state index contributed by atoms with van der Waals surface area (Å²) in [6, 6.07) is 7.65. The van der Waals surface area contributed by atoms with Gasteiger partial charge in [-0.15, -0.1) is 0 Å². The van der Waals surface area contributed by atoms with Crippen molar-refractivity contribution in [2.45, 2.75) is 24.7 Å². The minimum Gasteiger partial charge on any atom is -0.508 e. The zero-order valence-corrected chi connectivity index (χ0v) is 14.3. The fourth-order valence-corrected chi connectivity index (χ4v) is 3.14. The SMILES string of the molecule is O=C(Nc1cccc(O)c1)c1cc2n(n1)[C@@H](C(F)(F)F)C[C@H](c1ccco1)N2.